The molecule has 1 heterocycles. The first-order valence-corrected chi connectivity index (χ1v) is 6.19. The fraction of sp³-hybridized carbons (Fsp3) is 0.231. The highest BCUT2D eigenvalue weighted by atomic mass is 19.2. The van der Waals surface area contributed by atoms with Gasteiger partial charge in [-0.1, -0.05) is 0 Å². The second-order valence-electron chi connectivity index (χ2n) is 4.90. The molecule has 1 N–H and O–H groups in total. The van der Waals surface area contributed by atoms with E-state index in [2.05, 4.69) is 4.74 Å². The molecule has 0 radical (unpaired) electrons. The van der Waals surface area contributed by atoms with Gasteiger partial charge in [-0.3, -0.25) is 4.79 Å². The van der Waals surface area contributed by atoms with Gasteiger partial charge < -0.3 is 14.4 Å². The van der Waals surface area contributed by atoms with Crippen molar-refractivity contribution < 1.29 is 36.6 Å². The van der Waals surface area contributed by atoms with Gasteiger partial charge in [0.2, 0.25) is 5.43 Å². The molecule has 1 aromatic heterocycles. The molecule has 2 atom stereocenters. The summed E-state index contributed by atoms with van der Waals surface area (Å²) < 4.78 is 72.6. The third kappa shape index (κ3) is 2.21. The molecule has 0 saturated heterocycles. The van der Waals surface area contributed by atoms with Crippen LogP contribution in [0.15, 0.2) is 11.0 Å². The third-order valence-electron chi connectivity index (χ3n) is 3.44. The van der Waals surface area contributed by atoms with Gasteiger partial charge in [-0.2, -0.15) is 0 Å². The molecule has 10 heteroatoms. The van der Waals surface area contributed by atoms with Gasteiger partial charge in [-0.15, -0.1) is 0 Å². The number of carboxylic acid groups (broad SMARTS) is 1. The van der Waals surface area contributed by atoms with Crippen LogP contribution in [0.25, 0.3) is 10.9 Å². The monoisotopic (exact) mass is 335 g/mol. The lowest BCUT2D eigenvalue weighted by Crippen LogP contribution is -2.19. The Balaban J connectivity index is 2.46. The number of aromatic nitrogens is 1. The number of rotatable bonds is 2. The zero-order valence-electron chi connectivity index (χ0n) is 10.9. The lowest BCUT2D eigenvalue weighted by molar-refractivity contribution is 0.143. The summed E-state index contributed by atoms with van der Waals surface area (Å²) in [6, 6.07) is -1.08. The number of fused-ring (bicyclic) bond motifs is 1. The smallest absolute Gasteiger partial charge is 0.449 e. The maximum Gasteiger partial charge on any atom is 0.511 e. The van der Waals surface area contributed by atoms with Crippen molar-refractivity contribution >= 4 is 17.1 Å². The molecule has 0 spiro atoms. The summed E-state index contributed by atoms with van der Waals surface area (Å²) in [5.41, 5.74) is -2.49. The van der Waals surface area contributed by atoms with E-state index in [9.17, 15) is 31.5 Å². The molecule has 1 aliphatic carbocycles. The second-order valence-corrected chi connectivity index (χ2v) is 4.90. The van der Waals surface area contributed by atoms with Gasteiger partial charge in [0.1, 0.15) is 6.17 Å². The summed E-state index contributed by atoms with van der Waals surface area (Å²) in [4.78, 5) is 22.5. The molecule has 0 bridgehead atoms. The predicted molar refractivity (Wildman–Crippen MR) is 65.2 cm³/mol. The Bertz CT molecular complexity index is 910. The Morgan fingerprint density at radius 1 is 1.17 bits per heavy atom. The Morgan fingerprint density at radius 3 is 2.26 bits per heavy atom. The van der Waals surface area contributed by atoms with Gasteiger partial charge in [0, 0.05) is 6.42 Å². The lowest BCUT2D eigenvalue weighted by atomic mass is 10.1. The average Bonchev–Trinajstić information content (AvgIpc) is 3.20. The number of pyridine rings is 1. The molecule has 1 aliphatic rings. The first-order valence-electron chi connectivity index (χ1n) is 6.19. The van der Waals surface area contributed by atoms with Gasteiger partial charge in [0.15, 0.2) is 29.0 Å². The van der Waals surface area contributed by atoms with Gasteiger partial charge in [-0.25, -0.2) is 26.7 Å². The van der Waals surface area contributed by atoms with E-state index in [1.54, 1.807) is 0 Å². The van der Waals surface area contributed by atoms with E-state index >= 15 is 0 Å². The van der Waals surface area contributed by atoms with Crippen LogP contribution in [0.2, 0.25) is 0 Å². The molecule has 23 heavy (non-hydrogen) atoms. The number of nitrogens with zero attached hydrogens (tertiary/aromatic N) is 1. The van der Waals surface area contributed by atoms with E-state index in [4.69, 9.17) is 5.11 Å². The van der Waals surface area contributed by atoms with Crippen molar-refractivity contribution in [1.29, 1.82) is 0 Å². The Kier molecular flexibility index (Phi) is 3.27. The maximum absolute atomic E-state index is 14.0. The lowest BCUT2D eigenvalue weighted by Gasteiger charge is -2.14. The van der Waals surface area contributed by atoms with Gasteiger partial charge in [0.25, 0.3) is 0 Å². The summed E-state index contributed by atoms with van der Waals surface area (Å²) in [5, 5.41) is 7.29. The van der Waals surface area contributed by atoms with E-state index < -0.39 is 63.7 Å². The molecule has 1 saturated carbocycles. The van der Waals surface area contributed by atoms with Crippen molar-refractivity contribution in [3.63, 3.8) is 0 Å². The Hall–Kier alpha value is -2.65. The molecule has 122 valence electrons. The van der Waals surface area contributed by atoms with E-state index in [1.165, 1.54) is 0 Å². The van der Waals surface area contributed by atoms with Crippen LogP contribution in [0.1, 0.15) is 12.5 Å². The second kappa shape index (κ2) is 4.93. The summed E-state index contributed by atoms with van der Waals surface area (Å²) >= 11 is 0. The van der Waals surface area contributed by atoms with Crippen LogP contribution in [0.4, 0.5) is 26.7 Å². The summed E-state index contributed by atoms with van der Waals surface area (Å²) in [6.07, 6.45) is -2.95. The standard InChI is InChI=1S/C13H6F5NO4/c14-3-1-4(3)19-2-5(23-13(21)22)12(20)6-7(15)8(16)9(17)10(18)11(6)19/h2-4H,1H2,(H,21,22)/t3-,4+/m0/s1. The number of hydrogen-bond acceptors (Lipinski definition) is 3. The minimum Gasteiger partial charge on any atom is -0.449 e. The topological polar surface area (TPSA) is 68.5 Å². The van der Waals surface area contributed by atoms with Crippen molar-refractivity contribution in [2.24, 2.45) is 0 Å². The first-order chi connectivity index (χ1) is 10.7. The van der Waals surface area contributed by atoms with Crippen molar-refractivity contribution in [2.45, 2.75) is 18.6 Å². The van der Waals surface area contributed by atoms with Crippen molar-refractivity contribution in [2.75, 3.05) is 0 Å². The molecular formula is C13H6F5NO4. The van der Waals surface area contributed by atoms with E-state index in [0.29, 0.717) is 10.8 Å². The zero-order chi connectivity index (χ0) is 17.0. The normalized spacial score (nSPS) is 19.9. The SMILES string of the molecule is O=C(O)Oc1cn([C@@H]2C[C@@H]2F)c2c(F)c(F)c(F)c(F)c2c1=O. The molecule has 5 nitrogen and oxygen atoms in total. The van der Waals surface area contributed by atoms with Crippen LogP contribution in [0.5, 0.6) is 5.75 Å². The van der Waals surface area contributed by atoms with Gasteiger partial charge in [-0.05, 0) is 0 Å². The number of alkyl halides is 1. The third-order valence-corrected chi connectivity index (χ3v) is 3.44. The summed E-state index contributed by atoms with van der Waals surface area (Å²) in [7, 11) is 0. The van der Waals surface area contributed by atoms with Crippen molar-refractivity contribution in [1.82, 2.24) is 4.57 Å². The van der Waals surface area contributed by atoms with Crippen molar-refractivity contribution in [3.05, 3.63) is 39.7 Å². The zero-order valence-corrected chi connectivity index (χ0v) is 10.9. The Morgan fingerprint density at radius 2 is 1.74 bits per heavy atom. The number of hydrogen-bond donors (Lipinski definition) is 1. The van der Waals surface area contributed by atoms with Crippen LogP contribution >= 0.6 is 0 Å². The van der Waals surface area contributed by atoms with Crippen LogP contribution in [0, 0.1) is 23.3 Å². The summed E-state index contributed by atoms with van der Waals surface area (Å²) in [5.74, 6) is -9.26. The van der Waals surface area contributed by atoms with Crippen LogP contribution in [-0.4, -0.2) is 22.0 Å². The number of ether oxygens (including phenoxy) is 1. The number of carbonyl (C=O) groups is 1. The van der Waals surface area contributed by atoms with E-state index in [-0.39, 0.29) is 6.42 Å². The quantitative estimate of drug-likeness (QED) is 0.397. The highest BCUT2D eigenvalue weighted by molar-refractivity contribution is 5.83. The fourth-order valence-electron chi connectivity index (χ4n) is 2.31. The average molecular weight is 335 g/mol. The summed E-state index contributed by atoms with van der Waals surface area (Å²) in [6.45, 7) is 0. The molecule has 0 amide bonds. The minimum atomic E-state index is -2.24. The highest BCUT2D eigenvalue weighted by Gasteiger charge is 2.41. The predicted octanol–water partition coefficient (Wildman–Crippen LogP) is 2.90. The molecule has 3 rings (SSSR count). The van der Waals surface area contributed by atoms with Crippen LogP contribution < -0.4 is 10.2 Å². The molecular weight excluding hydrogens is 329 g/mol. The molecule has 0 unspecified atom stereocenters. The number of halogens is 5. The highest BCUT2D eigenvalue weighted by Crippen LogP contribution is 2.42. The minimum absolute atomic E-state index is 0.148. The fourth-order valence-corrected chi connectivity index (χ4v) is 2.31. The molecule has 1 aromatic carbocycles. The van der Waals surface area contributed by atoms with E-state index in [0.717, 1.165) is 0 Å². The van der Waals surface area contributed by atoms with Crippen molar-refractivity contribution in [3.8, 4) is 5.75 Å². The van der Waals surface area contributed by atoms with Crippen LogP contribution in [0.3, 0.4) is 0 Å². The van der Waals surface area contributed by atoms with Gasteiger partial charge >= 0.3 is 6.16 Å². The molecule has 0 aliphatic heterocycles. The molecule has 2 aromatic rings. The largest absolute Gasteiger partial charge is 0.511 e. The van der Waals surface area contributed by atoms with Gasteiger partial charge in [0.05, 0.1) is 23.1 Å². The molecule has 1 fully saturated rings. The van der Waals surface area contributed by atoms with E-state index in [1.807, 2.05) is 0 Å². The van der Waals surface area contributed by atoms with Crippen LogP contribution in [-0.2, 0) is 0 Å². The first kappa shape index (κ1) is 15.3. The maximum atomic E-state index is 14.0. The number of benzene rings is 1. The Labute approximate surface area is 123 Å².